The lowest BCUT2D eigenvalue weighted by atomic mass is 10.1. The molecule has 98 valence electrons. The van der Waals surface area contributed by atoms with Crippen molar-refractivity contribution in [2.24, 2.45) is 0 Å². The largest absolute Gasteiger partial charge is 0.465 e. The molecule has 4 nitrogen and oxygen atoms in total. The highest BCUT2D eigenvalue weighted by Crippen LogP contribution is 2.20. The molecule has 19 heavy (non-hydrogen) atoms. The summed E-state index contributed by atoms with van der Waals surface area (Å²) in [5.74, 6) is 0. The van der Waals surface area contributed by atoms with Gasteiger partial charge in [0.05, 0.1) is 0 Å². The fourth-order valence-corrected chi connectivity index (χ4v) is 1.79. The van der Waals surface area contributed by atoms with Crippen LogP contribution in [0.2, 0.25) is 0 Å². The number of hydrogen-bond donors (Lipinski definition) is 3. The maximum absolute atomic E-state index is 10.3. The standard InChI is InChI=1S/C15H16N2O2/c18-15(19)17-11-10-16-14-8-6-13(7-9-14)12-4-2-1-3-5-12/h1-9,16-17H,10-11H2,(H,18,19). The fourth-order valence-electron chi connectivity index (χ4n) is 1.79. The molecule has 0 saturated carbocycles. The molecule has 3 N–H and O–H groups in total. The molecule has 0 aliphatic carbocycles. The zero-order chi connectivity index (χ0) is 13.5. The number of carboxylic acid groups (broad SMARTS) is 1. The Hall–Kier alpha value is -2.49. The van der Waals surface area contributed by atoms with Crippen LogP contribution < -0.4 is 10.6 Å². The van der Waals surface area contributed by atoms with Gasteiger partial charge < -0.3 is 15.7 Å². The van der Waals surface area contributed by atoms with Gasteiger partial charge in [0.2, 0.25) is 0 Å². The number of nitrogens with one attached hydrogen (secondary N) is 2. The lowest BCUT2D eigenvalue weighted by Crippen LogP contribution is -2.26. The van der Waals surface area contributed by atoms with Crippen LogP contribution in [-0.2, 0) is 0 Å². The normalized spacial score (nSPS) is 9.89. The van der Waals surface area contributed by atoms with E-state index in [0.29, 0.717) is 13.1 Å². The van der Waals surface area contributed by atoms with E-state index in [-0.39, 0.29) is 0 Å². The summed E-state index contributed by atoms with van der Waals surface area (Å²) in [5, 5.41) is 13.9. The summed E-state index contributed by atoms with van der Waals surface area (Å²) in [6.07, 6.45) is -0.999. The summed E-state index contributed by atoms with van der Waals surface area (Å²) in [7, 11) is 0. The Kier molecular flexibility index (Phi) is 4.39. The van der Waals surface area contributed by atoms with Crippen molar-refractivity contribution >= 4 is 11.8 Å². The second-order valence-corrected chi connectivity index (χ2v) is 4.10. The highest BCUT2D eigenvalue weighted by atomic mass is 16.4. The van der Waals surface area contributed by atoms with Gasteiger partial charge >= 0.3 is 6.09 Å². The Morgan fingerprint density at radius 1 is 0.895 bits per heavy atom. The van der Waals surface area contributed by atoms with E-state index >= 15 is 0 Å². The molecule has 0 heterocycles. The first-order chi connectivity index (χ1) is 9.25. The topological polar surface area (TPSA) is 61.4 Å². The number of anilines is 1. The minimum atomic E-state index is -0.999. The average molecular weight is 256 g/mol. The summed E-state index contributed by atoms with van der Waals surface area (Å²) < 4.78 is 0. The van der Waals surface area contributed by atoms with Crippen molar-refractivity contribution in [3.63, 3.8) is 0 Å². The second kappa shape index (κ2) is 6.44. The smallest absolute Gasteiger partial charge is 0.404 e. The van der Waals surface area contributed by atoms with E-state index in [9.17, 15) is 4.79 Å². The van der Waals surface area contributed by atoms with Crippen LogP contribution in [-0.4, -0.2) is 24.3 Å². The van der Waals surface area contributed by atoms with Crippen molar-refractivity contribution in [2.45, 2.75) is 0 Å². The van der Waals surface area contributed by atoms with Gasteiger partial charge in [0, 0.05) is 18.8 Å². The predicted molar refractivity (Wildman–Crippen MR) is 76.4 cm³/mol. The molecular weight excluding hydrogens is 240 g/mol. The zero-order valence-corrected chi connectivity index (χ0v) is 10.5. The summed E-state index contributed by atoms with van der Waals surface area (Å²) in [4.78, 5) is 10.3. The van der Waals surface area contributed by atoms with Crippen molar-refractivity contribution in [1.29, 1.82) is 0 Å². The Morgan fingerprint density at radius 3 is 2.16 bits per heavy atom. The van der Waals surface area contributed by atoms with Crippen molar-refractivity contribution < 1.29 is 9.90 Å². The van der Waals surface area contributed by atoms with Crippen LogP contribution in [0.25, 0.3) is 11.1 Å². The first-order valence-electron chi connectivity index (χ1n) is 6.12. The number of hydrogen-bond acceptors (Lipinski definition) is 2. The van der Waals surface area contributed by atoms with E-state index < -0.39 is 6.09 Å². The molecule has 1 amide bonds. The van der Waals surface area contributed by atoms with Gasteiger partial charge in [0.25, 0.3) is 0 Å². The van der Waals surface area contributed by atoms with Crippen molar-refractivity contribution in [2.75, 3.05) is 18.4 Å². The highest BCUT2D eigenvalue weighted by Gasteiger charge is 1.97. The van der Waals surface area contributed by atoms with Gasteiger partial charge in [-0.05, 0) is 23.3 Å². The zero-order valence-electron chi connectivity index (χ0n) is 10.5. The third kappa shape index (κ3) is 4.03. The van der Waals surface area contributed by atoms with Crippen LogP contribution in [0.3, 0.4) is 0 Å². The Bertz CT molecular complexity index is 524. The first-order valence-corrected chi connectivity index (χ1v) is 6.12. The molecule has 0 radical (unpaired) electrons. The van der Waals surface area contributed by atoms with Gasteiger partial charge in [0.1, 0.15) is 0 Å². The molecule has 0 saturated heterocycles. The summed E-state index contributed by atoms with van der Waals surface area (Å²) in [5.41, 5.74) is 3.32. The van der Waals surface area contributed by atoms with Crippen molar-refractivity contribution in [3.05, 3.63) is 54.6 Å². The average Bonchev–Trinajstić information content (AvgIpc) is 2.45. The van der Waals surface area contributed by atoms with Crippen molar-refractivity contribution in [3.8, 4) is 11.1 Å². The predicted octanol–water partition coefficient (Wildman–Crippen LogP) is 3.03. The fraction of sp³-hybridized carbons (Fsp3) is 0.133. The molecule has 0 aromatic heterocycles. The van der Waals surface area contributed by atoms with Gasteiger partial charge in [0.15, 0.2) is 0 Å². The Morgan fingerprint density at radius 2 is 1.53 bits per heavy atom. The number of carbonyl (C=O) groups is 1. The summed E-state index contributed by atoms with van der Waals surface area (Å²) in [6.45, 7) is 0.951. The summed E-state index contributed by atoms with van der Waals surface area (Å²) in [6, 6.07) is 18.2. The molecule has 0 aliphatic heterocycles. The van der Waals surface area contributed by atoms with Gasteiger partial charge in [-0.25, -0.2) is 4.79 Å². The van der Waals surface area contributed by atoms with Crippen LogP contribution in [0.1, 0.15) is 0 Å². The number of benzene rings is 2. The van der Waals surface area contributed by atoms with E-state index in [4.69, 9.17) is 5.11 Å². The third-order valence-electron chi connectivity index (χ3n) is 2.72. The molecule has 2 aromatic carbocycles. The molecule has 0 aliphatic rings. The van der Waals surface area contributed by atoms with E-state index in [2.05, 4.69) is 22.8 Å². The van der Waals surface area contributed by atoms with Crippen LogP contribution in [0.4, 0.5) is 10.5 Å². The highest BCUT2D eigenvalue weighted by molar-refractivity contribution is 5.66. The van der Waals surface area contributed by atoms with E-state index in [0.717, 1.165) is 11.3 Å². The van der Waals surface area contributed by atoms with Crippen LogP contribution >= 0.6 is 0 Å². The molecule has 0 bridgehead atoms. The maximum Gasteiger partial charge on any atom is 0.404 e. The van der Waals surface area contributed by atoms with E-state index in [1.807, 2.05) is 42.5 Å². The molecule has 0 spiro atoms. The van der Waals surface area contributed by atoms with Gasteiger partial charge in [-0.2, -0.15) is 0 Å². The number of amides is 1. The monoisotopic (exact) mass is 256 g/mol. The molecule has 0 unspecified atom stereocenters. The lowest BCUT2D eigenvalue weighted by Gasteiger charge is -2.07. The van der Waals surface area contributed by atoms with E-state index in [1.54, 1.807) is 0 Å². The van der Waals surface area contributed by atoms with Gasteiger partial charge in [-0.3, -0.25) is 0 Å². The SMILES string of the molecule is O=C(O)NCCNc1ccc(-c2ccccc2)cc1. The summed E-state index contributed by atoms with van der Waals surface area (Å²) >= 11 is 0. The first kappa shape index (κ1) is 13.0. The second-order valence-electron chi connectivity index (χ2n) is 4.10. The molecule has 2 aromatic rings. The Balaban J connectivity index is 1.90. The maximum atomic E-state index is 10.3. The van der Waals surface area contributed by atoms with Crippen LogP contribution in [0, 0.1) is 0 Å². The molecule has 4 heteroatoms. The minimum absolute atomic E-state index is 0.385. The van der Waals surface area contributed by atoms with Gasteiger partial charge in [-0.15, -0.1) is 0 Å². The lowest BCUT2D eigenvalue weighted by molar-refractivity contribution is 0.195. The van der Waals surface area contributed by atoms with Gasteiger partial charge in [-0.1, -0.05) is 42.5 Å². The van der Waals surface area contributed by atoms with Crippen LogP contribution in [0.15, 0.2) is 54.6 Å². The quantitative estimate of drug-likeness (QED) is 0.720. The van der Waals surface area contributed by atoms with E-state index in [1.165, 1.54) is 5.56 Å². The van der Waals surface area contributed by atoms with Crippen molar-refractivity contribution in [1.82, 2.24) is 5.32 Å². The third-order valence-corrected chi connectivity index (χ3v) is 2.72. The molecule has 0 fully saturated rings. The van der Waals surface area contributed by atoms with Crippen LogP contribution in [0.5, 0.6) is 0 Å². The minimum Gasteiger partial charge on any atom is -0.465 e. The molecular formula is C15H16N2O2. The molecule has 0 atom stereocenters. The molecule has 2 rings (SSSR count). The number of rotatable bonds is 5. The Labute approximate surface area is 112 Å².